The molecule has 1 unspecified atom stereocenters. The molecule has 0 aromatic rings. The molecule has 0 aliphatic carbocycles. The standard InChI is InChI=1S/C12H27O2P.Fe/c1-2-3-4-5-6-7-8-9-10-11-12-15(13)14;/h15H,2-12H2,1H3,(H,13,14);. The Labute approximate surface area is 112 Å². The first kappa shape index (κ1) is 19.1. The van der Waals surface area contributed by atoms with E-state index in [2.05, 4.69) is 6.92 Å². The molecule has 0 aromatic heterocycles. The summed E-state index contributed by atoms with van der Waals surface area (Å²) in [6.07, 6.45) is 13.3. The van der Waals surface area contributed by atoms with Crippen molar-refractivity contribution >= 4 is 8.03 Å². The van der Waals surface area contributed by atoms with Crippen LogP contribution >= 0.6 is 8.03 Å². The van der Waals surface area contributed by atoms with E-state index in [4.69, 9.17) is 4.89 Å². The maximum atomic E-state index is 10.4. The van der Waals surface area contributed by atoms with E-state index in [9.17, 15) is 4.57 Å². The molecule has 0 heterocycles. The molecule has 100 valence electrons. The third-order valence-corrected chi connectivity index (χ3v) is 3.53. The molecular formula is C12H27FeO2P. The fraction of sp³-hybridized carbons (Fsp3) is 1.00. The summed E-state index contributed by atoms with van der Waals surface area (Å²) in [6, 6.07) is 0. The SMILES string of the molecule is CCCCCCCCCCCC[PH](=O)O.[Fe]. The zero-order valence-corrected chi connectivity index (χ0v) is 12.6. The Bertz CT molecular complexity index is 154. The molecule has 0 aliphatic rings. The van der Waals surface area contributed by atoms with E-state index in [0.29, 0.717) is 6.16 Å². The van der Waals surface area contributed by atoms with Gasteiger partial charge in [-0.05, 0) is 6.42 Å². The van der Waals surface area contributed by atoms with Crippen LogP contribution in [0, 0.1) is 0 Å². The van der Waals surface area contributed by atoms with Gasteiger partial charge in [-0.1, -0.05) is 64.7 Å². The predicted molar refractivity (Wildman–Crippen MR) is 67.9 cm³/mol. The van der Waals surface area contributed by atoms with Gasteiger partial charge >= 0.3 is 0 Å². The molecule has 2 nitrogen and oxygen atoms in total. The average Bonchev–Trinajstić information content (AvgIpc) is 2.20. The Hall–Kier alpha value is 0.709. The molecule has 0 saturated heterocycles. The molecule has 0 aromatic carbocycles. The normalized spacial score (nSPS) is 12.1. The molecule has 0 rings (SSSR count). The maximum absolute atomic E-state index is 10.4. The Kier molecular flexibility index (Phi) is 18.7. The summed E-state index contributed by atoms with van der Waals surface area (Å²) in [5.41, 5.74) is 0. The monoisotopic (exact) mass is 290 g/mol. The van der Waals surface area contributed by atoms with Crippen LogP contribution in [0.3, 0.4) is 0 Å². The van der Waals surface area contributed by atoms with E-state index in [1.807, 2.05) is 0 Å². The molecule has 0 saturated carbocycles. The average molecular weight is 290 g/mol. The van der Waals surface area contributed by atoms with Crippen LogP contribution in [-0.2, 0) is 21.6 Å². The van der Waals surface area contributed by atoms with Gasteiger partial charge in [0.15, 0.2) is 8.03 Å². The van der Waals surface area contributed by atoms with Crippen molar-refractivity contribution in [2.75, 3.05) is 6.16 Å². The van der Waals surface area contributed by atoms with Gasteiger partial charge in [-0.2, -0.15) is 0 Å². The quantitative estimate of drug-likeness (QED) is 0.348. The van der Waals surface area contributed by atoms with E-state index >= 15 is 0 Å². The summed E-state index contributed by atoms with van der Waals surface area (Å²) in [7, 11) is -2.19. The first-order chi connectivity index (χ1) is 7.27. The number of hydrogen-bond donors (Lipinski definition) is 1. The van der Waals surface area contributed by atoms with Crippen molar-refractivity contribution in [3.63, 3.8) is 0 Å². The van der Waals surface area contributed by atoms with Crippen molar-refractivity contribution in [1.29, 1.82) is 0 Å². The zero-order valence-electron chi connectivity index (χ0n) is 10.5. The molecule has 0 amide bonds. The summed E-state index contributed by atoms with van der Waals surface area (Å²) >= 11 is 0. The minimum absolute atomic E-state index is 0. The van der Waals surface area contributed by atoms with Crippen LogP contribution in [0.15, 0.2) is 0 Å². The maximum Gasteiger partial charge on any atom is 0.189 e. The fourth-order valence-electron chi connectivity index (χ4n) is 1.76. The van der Waals surface area contributed by atoms with Crippen molar-refractivity contribution in [1.82, 2.24) is 0 Å². The van der Waals surface area contributed by atoms with E-state index in [-0.39, 0.29) is 17.1 Å². The third kappa shape index (κ3) is 17.1. The summed E-state index contributed by atoms with van der Waals surface area (Å²) < 4.78 is 10.4. The van der Waals surface area contributed by atoms with Crippen LogP contribution in [0.5, 0.6) is 0 Å². The molecule has 0 spiro atoms. The second kappa shape index (κ2) is 15.7. The minimum Gasteiger partial charge on any atom is -0.346 e. The van der Waals surface area contributed by atoms with Gasteiger partial charge in [0.05, 0.1) is 0 Å². The Morgan fingerprint density at radius 3 is 1.56 bits per heavy atom. The van der Waals surface area contributed by atoms with Crippen LogP contribution in [0.25, 0.3) is 0 Å². The summed E-state index contributed by atoms with van der Waals surface area (Å²) in [5, 5.41) is 0. The zero-order chi connectivity index (χ0) is 11.4. The first-order valence-corrected chi connectivity index (χ1v) is 8.05. The number of unbranched alkanes of at least 4 members (excludes halogenated alkanes) is 9. The smallest absolute Gasteiger partial charge is 0.189 e. The van der Waals surface area contributed by atoms with Gasteiger partial charge in [0.1, 0.15) is 0 Å². The largest absolute Gasteiger partial charge is 0.346 e. The van der Waals surface area contributed by atoms with Crippen molar-refractivity contribution < 1.29 is 26.5 Å². The van der Waals surface area contributed by atoms with Gasteiger partial charge in [-0.15, -0.1) is 0 Å². The molecule has 4 heteroatoms. The van der Waals surface area contributed by atoms with E-state index < -0.39 is 8.03 Å². The van der Waals surface area contributed by atoms with Gasteiger partial charge < -0.3 is 4.89 Å². The first-order valence-electron chi connectivity index (χ1n) is 6.49. The van der Waals surface area contributed by atoms with Crippen LogP contribution in [0.2, 0.25) is 0 Å². The second-order valence-corrected chi connectivity index (χ2v) is 5.61. The van der Waals surface area contributed by atoms with Crippen molar-refractivity contribution in [2.24, 2.45) is 0 Å². The van der Waals surface area contributed by atoms with Crippen molar-refractivity contribution in [2.45, 2.75) is 71.1 Å². The topological polar surface area (TPSA) is 37.3 Å². The third-order valence-electron chi connectivity index (χ3n) is 2.74. The van der Waals surface area contributed by atoms with E-state index in [1.165, 1.54) is 51.4 Å². The predicted octanol–water partition coefficient (Wildman–Crippen LogP) is 4.37. The number of hydrogen-bond acceptors (Lipinski definition) is 1. The molecule has 0 fully saturated rings. The molecule has 1 atom stereocenters. The Morgan fingerprint density at radius 2 is 1.19 bits per heavy atom. The molecule has 0 radical (unpaired) electrons. The van der Waals surface area contributed by atoms with Gasteiger partial charge in [0.25, 0.3) is 0 Å². The molecule has 0 aliphatic heterocycles. The van der Waals surface area contributed by atoms with Crippen LogP contribution < -0.4 is 0 Å². The van der Waals surface area contributed by atoms with Gasteiger partial charge in [0.2, 0.25) is 0 Å². The summed E-state index contributed by atoms with van der Waals surface area (Å²) in [5.74, 6) is 0. The van der Waals surface area contributed by atoms with E-state index in [0.717, 1.165) is 12.8 Å². The van der Waals surface area contributed by atoms with Crippen LogP contribution in [0.4, 0.5) is 0 Å². The molecular weight excluding hydrogens is 263 g/mol. The van der Waals surface area contributed by atoms with Crippen LogP contribution in [0.1, 0.15) is 71.1 Å². The van der Waals surface area contributed by atoms with Crippen LogP contribution in [-0.4, -0.2) is 11.1 Å². The molecule has 1 N–H and O–H groups in total. The molecule has 0 bridgehead atoms. The van der Waals surface area contributed by atoms with Crippen molar-refractivity contribution in [3.8, 4) is 0 Å². The Morgan fingerprint density at radius 1 is 0.812 bits per heavy atom. The van der Waals surface area contributed by atoms with E-state index in [1.54, 1.807) is 0 Å². The van der Waals surface area contributed by atoms with Crippen molar-refractivity contribution in [3.05, 3.63) is 0 Å². The van der Waals surface area contributed by atoms with Gasteiger partial charge in [-0.3, -0.25) is 4.57 Å². The number of rotatable bonds is 11. The summed E-state index contributed by atoms with van der Waals surface area (Å²) in [4.78, 5) is 8.62. The van der Waals surface area contributed by atoms with Gasteiger partial charge in [0, 0.05) is 23.2 Å². The molecule has 16 heavy (non-hydrogen) atoms. The van der Waals surface area contributed by atoms with Gasteiger partial charge in [-0.25, -0.2) is 0 Å². The fourth-order valence-corrected chi connectivity index (χ4v) is 2.32. The second-order valence-electron chi connectivity index (χ2n) is 4.33. The Balaban J connectivity index is 0. The summed E-state index contributed by atoms with van der Waals surface area (Å²) in [6.45, 7) is 2.24. The minimum atomic E-state index is -2.19.